The molecule has 0 spiro atoms. The Morgan fingerprint density at radius 2 is 2.00 bits per heavy atom. The van der Waals surface area contributed by atoms with Crippen molar-refractivity contribution < 1.29 is 19.5 Å². The minimum absolute atomic E-state index is 0. The number of hydrogen-bond acceptors (Lipinski definition) is 1. The Labute approximate surface area is 87.3 Å². The zero-order valence-corrected chi connectivity index (χ0v) is 10.6. The fraction of sp³-hybridized carbons (Fsp3) is 0.125. The van der Waals surface area contributed by atoms with Crippen LogP contribution in [0, 0.1) is 11.3 Å². The van der Waals surface area contributed by atoms with Crippen molar-refractivity contribution in [3.05, 3.63) is 35.4 Å². The van der Waals surface area contributed by atoms with Crippen LogP contribution in [0.15, 0.2) is 24.3 Å². The van der Waals surface area contributed by atoms with Crippen molar-refractivity contribution in [3.8, 4) is 6.07 Å². The van der Waals surface area contributed by atoms with Crippen LogP contribution in [0.2, 0.25) is 0 Å². The number of hydrogen-bond donors (Lipinski definition) is 0. The summed E-state index contributed by atoms with van der Waals surface area (Å²) >= 11 is 3.30. The van der Waals surface area contributed by atoms with Crippen LogP contribution in [-0.4, -0.2) is 0 Å². The van der Waals surface area contributed by atoms with Crippen LogP contribution in [0.4, 0.5) is 0 Å². The molecule has 0 aliphatic rings. The van der Waals surface area contributed by atoms with E-state index in [9.17, 15) is 0 Å². The second kappa shape index (κ2) is 5.46. The average Bonchev–Trinajstić information content (AvgIpc) is 2.04. The van der Waals surface area contributed by atoms with E-state index in [2.05, 4.69) is 22.0 Å². The van der Waals surface area contributed by atoms with Gasteiger partial charge in [-0.05, 0) is 11.6 Å². The first-order chi connectivity index (χ1) is 4.88. The summed E-state index contributed by atoms with van der Waals surface area (Å²) in [6, 6.07) is 9.66. The molecule has 0 atom stereocenters. The van der Waals surface area contributed by atoms with Gasteiger partial charge in [0.25, 0.3) is 0 Å². The molecular formula is C8H6BrNZn. The van der Waals surface area contributed by atoms with E-state index in [1.54, 1.807) is 0 Å². The molecule has 0 aliphatic heterocycles. The first kappa shape index (κ1) is 10.8. The molecule has 0 saturated carbocycles. The first-order valence-electron chi connectivity index (χ1n) is 2.92. The fourth-order valence-electron chi connectivity index (χ4n) is 0.746. The molecule has 1 aromatic rings. The Balaban J connectivity index is 0.000001000. The van der Waals surface area contributed by atoms with E-state index >= 15 is 0 Å². The smallest absolute Gasteiger partial charge is 0.0994 e. The number of rotatable bonds is 1. The Kier molecular flexibility index (Phi) is 5.37. The predicted molar refractivity (Wildman–Crippen MR) is 43.8 cm³/mol. The van der Waals surface area contributed by atoms with Crippen LogP contribution in [0.3, 0.4) is 0 Å². The van der Waals surface area contributed by atoms with E-state index in [4.69, 9.17) is 5.26 Å². The maximum atomic E-state index is 8.58. The van der Waals surface area contributed by atoms with Gasteiger partial charge in [-0.3, -0.25) is 0 Å². The molecule has 0 radical (unpaired) electrons. The number of halogens is 1. The second-order valence-corrected chi connectivity index (χ2v) is 2.46. The van der Waals surface area contributed by atoms with Crippen LogP contribution >= 0.6 is 15.9 Å². The van der Waals surface area contributed by atoms with Crippen molar-refractivity contribution in [2.45, 2.75) is 5.33 Å². The summed E-state index contributed by atoms with van der Waals surface area (Å²) in [6.07, 6.45) is 0. The van der Waals surface area contributed by atoms with Crippen LogP contribution in [0.5, 0.6) is 0 Å². The number of nitriles is 1. The number of nitrogens with zero attached hydrogens (tertiary/aromatic N) is 1. The molecule has 0 unspecified atom stereocenters. The molecule has 0 N–H and O–H groups in total. The van der Waals surface area contributed by atoms with E-state index in [0.29, 0.717) is 0 Å². The zero-order valence-electron chi connectivity index (χ0n) is 6.05. The third kappa shape index (κ3) is 2.73. The number of alkyl halides is 1. The van der Waals surface area contributed by atoms with Crippen molar-refractivity contribution in [1.29, 1.82) is 5.26 Å². The standard InChI is InChI=1S/C8H6BrN.Zn/c9-5-7-3-1-2-4-8(7)6-10;/h1-4H,5H2;. The summed E-state index contributed by atoms with van der Waals surface area (Å²) in [5.41, 5.74) is 1.80. The Morgan fingerprint density at radius 3 is 2.45 bits per heavy atom. The van der Waals surface area contributed by atoms with Crippen molar-refractivity contribution in [3.63, 3.8) is 0 Å². The van der Waals surface area contributed by atoms with Gasteiger partial charge in [-0.25, -0.2) is 0 Å². The third-order valence-corrected chi connectivity index (χ3v) is 1.89. The maximum Gasteiger partial charge on any atom is 0.0994 e. The van der Waals surface area contributed by atoms with Crippen molar-refractivity contribution in [2.75, 3.05) is 0 Å². The average molecular weight is 261 g/mol. The second-order valence-electron chi connectivity index (χ2n) is 1.90. The van der Waals surface area contributed by atoms with Crippen LogP contribution in [0.1, 0.15) is 11.1 Å². The molecule has 0 amide bonds. The molecule has 0 aliphatic carbocycles. The minimum Gasteiger partial charge on any atom is -0.192 e. The van der Waals surface area contributed by atoms with Crippen LogP contribution < -0.4 is 0 Å². The van der Waals surface area contributed by atoms with Gasteiger partial charge in [0.05, 0.1) is 11.6 Å². The van der Waals surface area contributed by atoms with Gasteiger partial charge >= 0.3 is 0 Å². The molecule has 11 heavy (non-hydrogen) atoms. The minimum atomic E-state index is 0. The Morgan fingerprint density at radius 1 is 1.36 bits per heavy atom. The van der Waals surface area contributed by atoms with E-state index < -0.39 is 0 Å². The summed E-state index contributed by atoms with van der Waals surface area (Å²) < 4.78 is 0. The summed E-state index contributed by atoms with van der Waals surface area (Å²) in [4.78, 5) is 0. The largest absolute Gasteiger partial charge is 0.192 e. The summed E-state index contributed by atoms with van der Waals surface area (Å²) in [5, 5.41) is 9.33. The monoisotopic (exact) mass is 259 g/mol. The molecule has 1 aromatic carbocycles. The third-order valence-electron chi connectivity index (χ3n) is 1.28. The van der Waals surface area contributed by atoms with Gasteiger partial charge in [0, 0.05) is 24.8 Å². The molecule has 0 aromatic heterocycles. The molecular weight excluding hydrogens is 255 g/mol. The molecule has 1 nitrogen and oxygen atoms in total. The Bertz CT molecular complexity index is 267. The quantitative estimate of drug-likeness (QED) is 0.563. The molecule has 0 bridgehead atoms. The summed E-state index contributed by atoms with van der Waals surface area (Å²) in [6.45, 7) is 0. The van der Waals surface area contributed by atoms with Gasteiger partial charge in [-0.1, -0.05) is 34.1 Å². The molecule has 0 fully saturated rings. The van der Waals surface area contributed by atoms with Gasteiger partial charge < -0.3 is 0 Å². The van der Waals surface area contributed by atoms with Crippen molar-refractivity contribution in [1.82, 2.24) is 0 Å². The maximum absolute atomic E-state index is 8.58. The van der Waals surface area contributed by atoms with Gasteiger partial charge in [0.2, 0.25) is 0 Å². The summed E-state index contributed by atoms with van der Waals surface area (Å²) in [7, 11) is 0. The SMILES string of the molecule is N#Cc1ccccc1CBr.[Zn]. The molecule has 3 heteroatoms. The van der Waals surface area contributed by atoms with E-state index in [1.807, 2.05) is 24.3 Å². The number of benzene rings is 1. The van der Waals surface area contributed by atoms with E-state index in [1.165, 1.54) is 0 Å². The van der Waals surface area contributed by atoms with Gasteiger partial charge in [0.1, 0.15) is 0 Å². The Hall–Kier alpha value is -0.187. The normalized spacial score (nSPS) is 8.00. The van der Waals surface area contributed by atoms with Crippen LogP contribution in [0.25, 0.3) is 0 Å². The molecule has 0 saturated heterocycles. The fourth-order valence-corrected chi connectivity index (χ4v) is 1.23. The zero-order chi connectivity index (χ0) is 7.40. The molecule has 52 valence electrons. The molecule has 0 heterocycles. The summed E-state index contributed by atoms with van der Waals surface area (Å²) in [5.74, 6) is 0. The first-order valence-corrected chi connectivity index (χ1v) is 4.04. The van der Waals surface area contributed by atoms with E-state index in [0.717, 1.165) is 16.5 Å². The predicted octanol–water partition coefficient (Wildman–Crippen LogP) is 2.45. The topological polar surface area (TPSA) is 23.8 Å². The van der Waals surface area contributed by atoms with Gasteiger partial charge in [-0.15, -0.1) is 0 Å². The van der Waals surface area contributed by atoms with Crippen molar-refractivity contribution in [2.24, 2.45) is 0 Å². The van der Waals surface area contributed by atoms with Gasteiger partial charge in [0.15, 0.2) is 0 Å². The molecule has 1 rings (SSSR count). The van der Waals surface area contributed by atoms with Crippen LogP contribution in [-0.2, 0) is 24.8 Å². The van der Waals surface area contributed by atoms with Crippen molar-refractivity contribution >= 4 is 15.9 Å². The van der Waals surface area contributed by atoms with Gasteiger partial charge in [-0.2, -0.15) is 5.26 Å². The van der Waals surface area contributed by atoms with E-state index in [-0.39, 0.29) is 19.5 Å².